The van der Waals surface area contributed by atoms with Crippen LogP contribution < -0.4 is 5.32 Å². The topological polar surface area (TPSA) is 38.3 Å². The Labute approximate surface area is 66.1 Å². The molecule has 2 rings (SSSR count). The smallest absolute Gasteiger partial charge is 0.220 e. The Balaban J connectivity index is 1.97. The molecule has 2 aliphatic rings. The molecule has 2 fully saturated rings. The zero-order valence-electron chi connectivity index (χ0n) is 6.56. The average Bonchev–Trinajstić information content (AvgIpc) is 2.09. The largest absolute Gasteiger partial charge is 0.380 e. The lowest BCUT2D eigenvalue weighted by molar-refractivity contribution is -0.125. The van der Waals surface area contributed by atoms with E-state index in [4.69, 9.17) is 4.74 Å². The summed E-state index contributed by atoms with van der Waals surface area (Å²) in [6.45, 7) is 2.51. The van der Waals surface area contributed by atoms with E-state index in [1.54, 1.807) is 0 Å². The van der Waals surface area contributed by atoms with Gasteiger partial charge in [0, 0.05) is 18.4 Å². The minimum absolute atomic E-state index is 0.203. The number of carbonyl (C=O) groups is 1. The zero-order chi connectivity index (χ0) is 7.73. The third-order valence-corrected chi connectivity index (χ3v) is 2.59. The first-order chi connectivity index (χ1) is 5.31. The molecule has 2 aliphatic heterocycles. The average molecular weight is 155 g/mol. The molecule has 0 unspecified atom stereocenters. The van der Waals surface area contributed by atoms with Gasteiger partial charge in [-0.15, -0.1) is 0 Å². The van der Waals surface area contributed by atoms with E-state index in [0.29, 0.717) is 11.8 Å². The Bertz CT molecular complexity index is 175. The molecule has 62 valence electrons. The second-order valence-corrected chi connectivity index (χ2v) is 3.62. The SMILES string of the molecule is O=C1CCCC2(CN1)COC2. The molecule has 2 heterocycles. The predicted molar refractivity (Wildman–Crippen MR) is 40.1 cm³/mol. The van der Waals surface area contributed by atoms with E-state index >= 15 is 0 Å². The molecule has 1 N–H and O–H groups in total. The molecule has 0 atom stereocenters. The van der Waals surface area contributed by atoms with Crippen LogP contribution in [-0.4, -0.2) is 25.7 Å². The highest BCUT2D eigenvalue weighted by Crippen LogP contribution is 2.33. The minimum Gasteiger partial charge on any atom is -0.380 e. The van der Waals surface area contributed by atoms with E-state index in [2.05, 4.69) is 5.32 Å². The summed E-state index contributed by atoms with van der Waals surface area (Å²) in [5.74, 6) is 0.203. The molecule has 1 spiro atoms. The second-order valence-electron chi connectivity index (χ2n) is 3.62. The Morgan fingerprint density at radius 1 is 1.45 bits per heavy atom. The maximum Gasteiger partial charge on any atom is 0.220 e. The fourth-order valence-corrected chi connectivity index (χ4v) is 1.72. The highest BCUT2D eigenvalue weighted by atomic mass is 16.5. The van der Waals surface area contributed by atoms with Crippen LogP contribution in [0.5, 0.6) is 0 Å². The molecule has 3 heteroatoms. The number of carbonyl (C=O) groups excluding carboxylic acids is 1. The molecule has 2 saturated heterocycles. The normalized spacial score (nSPS) is 28.9. The summed E-state index contributed by atoms with van der Waals surface area (Å²) in [5, 5.41) is 2.92. The first-order valence-electron chi connectivity index (χ1n) is 4.15. The van der Waals surface area contributed by atoms with Gasteiger partial charge in [-0.2, -0.15) is 0 Å². The molecule has 0 aromatic rings. The zero-order valence-corrected chi connectivity index (χ0v) is 6.56. The predicted octanol–water partition coefficient (Wildman–Crippen LogP) is 0.303. The first kappa shape index (κ1) is 7.10. The van der Waals surface area contributed by atoms with Crippen LogP contribution in [0.25, 0.3) is 0 Å². The Morgan fingerprint density at radius 2 is 2.27 bits per heavy atom. The number of ether oxygens (including phenoxy) is 1. The van der Waals surface area contributed by atoms with Gasteiger partial charge in [-0.05, 0) is 12.8 Å². The van der Waals surface area contributed by atoms with E-state index in [1.165, 1.54) is 0 Å². The van der Waals surface area contributed by atoms with Crippen LogP contribution in [0.4, 0.5) is 0 Å². The quantitative estimate of drug-likeness (QED) is 0.546. The highest BCUT2D eigenvalue weighted by molar-refractivity contribution is 5.76. The number of rotatable bonds is 0. The van der Waals surface area contributed by atoms with E-state index < -0.39 is 0 Å². The number of hydrogen-bond acceptors (Lipinski definition) is 2. The molecule has 0 aliphatic carbocycles. The van der Waals surface area contributed by atoms with Gasteiger partial charge in [-0.1, -0.05) is 0 Å². The van der Waals surface area contributed by atoms with Crippen molar-refractivity contribution in [3.8, 4) is 0 Å². The summed E-state index contributed by atoms with van der Waals surface area (Å²) in [6.07, 6.45) is 2.86. The fraction of sp³-hybridized carbons (Fsp3) is 0.875. The van der Waals surface area contributed by atoms with Crippen LogP contribution in [0.1, 0.15) is 19.3 Å². The van der Waals surface area contributed by atoms with Gasteiger partial charge in [-0.25, -0.2) is 0 Å². The lowest BCUT2D eigenvalue weighted by Gasteiger charge is -2.40. The van der Waals surface area contributed by atoms with Crippen LogP contribution in [-0.2, 0) is 9.53 Å². The monoisotopic (exact) mass is 155 g/mol. The Hall–Kier alpha value is -0.570. The molecular formula is C8H13NO2. The van der Waals surface area contributed by atoms with Gasteiger partial charge in [0.05, 0.1) is 13.2 Å². The van der Waals surface area contributed by atoms with Gasteiger partial charge in [0.1, 0.15) is 0 Å². The fourth-order valence-electron chi connectivity index (χ4n) is 1.72. The summed E-state index contributed by atoms with van der Waals surface area (Å²) in [4.78, 5) is 11.0. The van der Waals surface area contributed by atoms with Gasteiger partial charge < -0.3 is 10.1 Å². The third kappa shape index (κ3) is 1.25. The lowest BCUT2D eigenvalue weighted by atomic mass is 9.82. The van der Waals surface area contributed by atoms with Gasteiger partial charge in [0.2, 0.25) is 5.91 Å². The molecule has 11 heavy (non-hydrogen) atoms. The number of amides is 1. The van der Waals surface area contributed by atoms with Crippen molar-refractivity contribution in [2.24, 2.45) is 5.41 Å². The lowest BCUT2D eigenvalue weighted by Crippen LogP contribution is -2.49. The molecule has 0 saturated carbocycles. The van der Waals surface area contributed by atoms with Crippen LogP contribution in [0.2, 0.25) is 0 Å². The summed E-state index contributed by atoms with van der Waals surface area (Å²) in [5.41, 5.74) is 0.312. The Morgan fingerprint density at radius 3 is 2.91 bits per heavy atom. The van der Waals surface area contributed by atoms with Crippen LogP contribution >= 0.6 is 0 Å². The standard InChI is InChI=1S/C8H13NO2/c10-7-2-1-3-8(4-9-7)5-11-6-8/h1-6H2,(H,9,10). The van der Waals surface area contributed by atoms with Crippen molar-refractivity contribution in [1.29, 1.82) is 0 Å². The summed E-state index contributed by atoms with van der Waals surface area (Å²) in [6, 6.07) is 0. The van der Waals surface area contributed by atoms with Gasteiger partial charge >= 0.3 is 0 Å². The van der Waals surface area contributed by atoms with Crippen molar-refractivity contribution in [2.45, 2.75) is 19.3 Å². The van der Waals surface area contributed by atoms with Gasteiger partial charge in [0.15, 0.2) is 0 Å². The molecular weight excluding hydrogens is 142 g/mol. The third-order valence-electron chi connectivity index (χ3n) is 2.59. The first-order valence-corrected chi connectivity index (χ1v) is 4.15. The van der Waals surface area contributed by atoms with Gasteiger partial charge in [0.25, 0.3) is 0 Å². The summed E-state index contributed by atoms with van der Waals surface area (Å²) >= 11 is 0. The van der Waals surface area contributed by atoms with Gasteiger partial charge in [-0.3, -0.25) is 4.79 Å². The summed E-state index contributed by atoms with van der Waals surface area (Å²) in [7, 11) is 0. The van der Waals surface area contributed by atoms with Crippen molar-refractivity contribution in [3.05, 3.63) is 0 Å². The Kier molecular flexibility index (Phi) is 1.60. The van der Waals surface area contributed by atoms with E-state index in [0.717, 1.165) is 32.6 Å². The number of hydrogen-bond donors (Lipinski definition) is 1. The number of nitrogens with one attached hydrogen (secondary N) is 1. The maximum absolute atomic E-state index is 11.0. The minimum atomic E-state index is 0.203. The van der Waals surface area contributed by atoms with Crippen LogP contribution in [0.15, 0.2) is 0 Å². The van der Waals surface area contributed by atoms with E-state index in [1.807, 2.05) is 0 Å². The maximum atomic E-state index is 11.0. The van der Waals surface area contributed by atoms with E-state index in [9.17, 15) is 4.79 Å². The van der Waals surface area contributed by atoms with Crippen LogP contribution in [0, 0.1) is 5.41 Å². The van der Waals surface area contributed by atoms with Crippen molar-refractivity contribution < 1.29 is 9.53 Å². The highest BCUT2D eigenvalue weighted by Gasteiger charge is 2.39. The van der Waals surface area contributed by atoms with Crippen molar-refractivity contribution >= 4 is 5.91 Å². The van der Waals surface area contributed by atoms with Crippen LogP contribution in [0.3, 0.4) is 0 Å². The molecule has 0 radical (unpaired) electrons. The molecule has 3 nitrogen and oxygen atoms in total. The molecule has 0 aromatic heterocycles. The molecule has 0 aromatic carbocycles. The van der Waals surface area contributed by atoms with Crippen molar-refractivity contribution in [3.63, 3.8) is 0 Å². The van der Waals surface area contributed by atoms with E-state index in [-0.39, 0.29) is 5.91 Å². The van der Waals surface area contributed by atoms with Crippen molar-refractivity contribution in [1.82, 2.24) is 5.32 Å². The summed E-state index contributed by atoms with van der Waals surface area (Å²) < 4.78 is 5.16. The second kappa shape index (κ2) is 2.48. The molecule has 0 bridgehead atoms. The molecule has 1 amide bonds. The van der Waals surface area contributed by atoms with Crippen molar-refractivity contribution in [2.75, 3.05) is 19.8 Å².